The Balaban J connectivity index is 2.44. The lowest BCUT2D eigenvalue weighted by Crippen LogP contribution is -2.12. The van der Waals surface area contributed by atoms with Gasteiger partial charge in [0, 0.05) is 18.6 Å². The fourth-order valence-corrected chi connectivity index (χ4v) is 1.22. The minimum Gasteiger partial charge on any atom is -0.378 e. The normalized spacial score (nSPS) is 11.5. The molecule has 0 fully saturated rings. The summed E-state index contributed by atoms with van der Waals surface area (Å²) in [7, 11) is 0. The average molecular weight is 269 g/mol. The molecule has 0 saturated heterocycles. The molecule has 1 rings (SSSR count). The van der Waals surface area contributed by atoms with Crippen LogP contribution in [-0.2, 0) is 10.9 Å². The minimum absolute atomic E-state index is 0.175. The second-order valence-electron chi connectivity index (χ2n) is 3.16. The van der Waals surface area contributed by atoms with Crippen molar-refractivity contribution in [1.82, 2.24) is 4.98 Å². The maximum absolute atomic E-state index is 12.4. The molecule has 0 unspecified atom stereocenters. The molecule has 0 spiro atoms. The van der Waals surface area contributed by atoms with Gasteiger partial charge in [-0.1, -0.05) is 0 Å². The molecule has 0 amide bonds. The van der Waals surface area contributed by atoms with E-state index in [0.29, 0.717) is 25.6 Å². The van der Waals surface area contributed by atoms with Gasteiger partial charge >= 0.3 is 6.18 Å². The smallest absolute Gasteiger partial charge is 0.378 e. The summed E-state index contributed by atoms with van der Waals surface area (Å²) in [5.41, 5.74) is -0.725. The number of anilines is 1. The maximum Gasteiger partial charge on any atom is 0.416 e. The zero-order valence-electron chi connectivity index (χ0n) is 8.93. The lowest BCUT2D eigenvalue weighted by atomic mass is 10.2. The molecule has 7 heteroatoms. The number of rotatable bonds is 6. The van der Waals surface area contributed by atoms with Crippen molar-refractivity contribution < 1.29 is 17.9 Å². The first kappa shape index (κ1) is 14.1. The monoisotopic (exact) mass is 268 g/mol. The number of pyridine rings is 1. The van der Waals surface area contributed by atoms with Crippen molar-refractivity contribution in [2.24, 2.45) is 0 Å². The molecular weight excluding hydrogens is 257 g/mol. The van der Waals surface area contributed by atoms with Crippen LogP contribution in [0.3, 0.4) is 0 Å². The van der Waals surface area contributed by atoms with Gasteiger partial charge in [0.25, 0.3) is 0 Å². The molecule has 0 atom stereocenters. The third-order valence-corrected chi connectivity index (χ3v) is 2.02. The fourth-order valence-electron chi connectivity index (χ4n) is 1.11. The molecule has 0 aromatic carbocycles. The number of alkyl halides is 4. The van der Waals surface area contributed by atoms with E-state index in [1.54, 1.807) is 0 Å². The lowest BCUT2D eigenvalue weighted by Gasteiger charge is -2.09. The third kappa shape index (κ3) is 5.23. The first-order valence-electron chi connectivity index (χ1n) is 4.95. The molecule has 0 aliphatic rings. The van der Waals surface area contributed by atoms with Crippen molar-refractivity contribution in [2.75, 3.05) is 31.0 Å². The van der Waals surface area contributed by atoms with Gasteiger partial charge in [-0.3, -0.25) is 0 Å². The summed E-state index contributed by atoms with van der Waals surface area (Å²) >= 11 is 5.39. The molecule has 0 aliphatic carbocycles. The van der Waals surface area contributed by atoms with E-state index in [1.165, 1.54) is 0 Å². The highest BCUT2D eigenvalue weighted by Gasteiger charge is 2.30. The lowest BCUT2D eigenvalue weighted by molar-refractivity contribution is -0.137. The number of nitrogens with one attached hydrogen (secondary N) is 1. The Morgan fingerprint density at radius 1 is 1.35 bits per heavy atom. The van der Waals surface area contributed by atoms with Crippen molar-refractivity contribution in [3.63, 3.8) is 0 Å². The standard InChI is InChI=1S/C10H12ClF3N2O/c11-2-5-17-6-4-16-9-7-8(1-3-15-9)10(12,13)14/h1,3,7H,2,4-6H2,(H,15,16). The van der Waals surface area contributed by atoms with Gasteiger partial charge in [0.05, 0.1) is 18.8 Å². The Hall–Kier alpha value is -1.01. The summed E-state index contributed by atoms with van der Waals surface area (Å²) in [4.78, 5) is 3.78. The predicted octanol–water partition coefficient (Wildman–Crippen LogP) is 2.77. The van der Waals surface area contributed by atoms with Gasteiger partial charge in [-0.2, -0.15) is 13.2 Å². The van der Waals surface area contributed by atoms with E-state index < -0.39 is 11.7 Å². The molecule has 0 saturated carbocycles. The van der Waals surface area contributed by atoms with Crippen LogP contribution in [0, 0.1) is 0 Å². The molecule has 0 aliphatic heterocycles. The minimum atomic E-state index is -4.35. The summed E-state index contributed by atoms with van der Waals surface area (Å²) < 4.78 is 42.1. The molecule has 1 heterocycles. The zero-order valence-corrected chi connectivity index (χ0v) is 9.68. The fraction of sp³-hybridized carbons (Fsp3) is 0.500. The summed E-state index contributed by atoms with van der Waals surface area (Å²) in [5, 5.41) is 2.74. The molecule has 0 radical (unpaired) electrons. The van der Waals surface area contributed by atoms with Crippen molar-refractivity contribution >= 4 is 17.4 Å². The van der Waals surface area contributed by atoms with Gasteiger partial charge in [0.15, 0.2) is 0 Å². The predicted molar refractivity (Wildman–Crippen MR) is 59.3 cm³/mol. The molecular formula is C10H12ClF3N2O. The van der Waals surface area contributed by atoms with Crippen molar-refractivity contribution in [3.05, 3.63) is 23.9 Å². The van der Waals surface area contributed by atoms with Gasteiger partial charge in [-0.15, -0.1) is 11.6 Å². The van der Waals surface area contributed by atoms with E-state index in [-0.39, 0.29) is 5.82 Å². The Morgan fingerprint density at radius 3 is 2.76 bits per heavy atom. The van der Waals surface area contributed by atoms with E-state index in [2.05, 4.69) is 10.3 Å². The Morgan fingerprint density at radius 2 is 2.12 bits per heavy atom. The Labute approximate surface area is 102 Å². The van der Waals surface area contributed by atoms with Crippen LogP contribution in [0.25, 0.3) is 0 Å². The van der Waals surface area contributed by atoms with Crippen LogP contribution in [0.1, 0.15) is 5.56 Å². The van der Waals surface area contributed by atoms with Crippen LogP contribution in [0.5, 0.6) is 0 Å². The van der Waals surface area contributed by atoms with Gasteiger partial charge in [0.2, 0.25) is 0 Å². The van der Waals surface area contributed by atoms with E-state index >= 15 is 0 Å². The number of hydrogen-bond acceptors (Lipinski definition) is 3. The van der Waals surface area contributed by atoms with Crippen molar-refractivity contribution in [2.45, 2.75) is 6.18 Å². The molecule has 17 heavy (non-hydrogen) atoms. The first-order chi connectivity index (χ1) is 8.04. The zero-order chi connectivity index (χ0) is 12.7. The highest BCUT2D eigenvalue weighted by molar-refractivity contribution is 6.17. The van der Waals surface area contributed by atoms with E-state index in [0.717, 1.165) is 18.3 Å². The molecule has 1 aromatic heterocycles. The number of halogens is 4. The van der Waals surface area contributed by atoms with Crippen molar-refractivity contribution in [1.29, 1.82) is 0 Å². The van der Waals surface area contributed by atoms with Crippen LogP contribution >= 0.6 is 11.6 Å². The van der Waals surface area contributed by atoms with Gasteiger partial charge in [-0.05, 0) is 12.1 Å². The Kier molecular flexibility index (Phi) is 5.50. The quantitative estimate of drug-likeness (QED) is 0.636. The van der Waals surface area contributed by atoms with E-state index in [9.17, 15) is 13.2 Å². The average Bonchev–Trinajstić information content (AvgIpc) is 2.28. The van der Waals surface area contributed by atoms with Crippen LogP contribution in [0.15, 0.2) is 18.3 Å². The second-order valence-corrected chi connectivity index (χ2v) is 3.53. The topological polar surface area (TPSA) is 34.2 Å². The molecule has 0 bridgehead atoms. The van der Waals surface area contributed by atoms with Crippen LogP contribution < -0.4 is 5.32 Å². The second kappa shape index (κ2) is 6.66. The highest BCUT2D eigenvalue weighted by Crippen LogP contribution is 2.29. The molecule has 96 valence electrons. The maximum atomic E-state index is 12.4. The summed E-state index contributed by atoms with van der Waals surface area (Å²) in [6.07, 6.45) is -3.24. The number of nitrogens with zero attached hydrogens (tertiary/aromatic N) is 1. The summed E-state index contributed by atoms with van der Waals surface area (Å²) in [6, 6.07) is 1.89. The van der Waals surface area contributed by atoms with E-state index in [1.807, 2.05) is 0 Å². The number of aromatic nitrogens is 1. The molecule has 1 N–H and O–H groups in total. The van der Waals surface area contributed by atoms with Crippen LogP contribution in [0.4, 0.5) is 19.0 Å². The van der Waals surface area contributed by atoms with E-state index in [4.69, 9.17) is 16.3 Å². The number of ether oxygens (including phenoxy) is 1. The Bertz CT molecular complexity index is 347. The molecule has 1 aromatic rings. The molecule has 3 nitrogen and oxygen atoms in total. The third-order valence-electron chi connectivity index (χ3n) is 1.86. The van der Waals surface area contributed by atoms with Gasteiger partial charge in [-0.25, -0.2) is 4.98 Å². The largest absolute Gasteiger partial charge is 0.416 e. The van der Waals surface area contributed by atoms with Crippen LogP contribution in [-0.4, -0.2) is 30.6 Å². The summed E-state index contributed by atoms with van der Waals surface area (Å²) in [5.74, 6) is 0.566. The first-order valence-corrected chi connectivity index (χ1v) is 5.48. The van der Waals surface area contributed by atoms with Gasteiger partial charge < -0.3 is 10.1 Å². The highest BCUT2D eigenvalue weighted by atomic mass is 35.5. The van der Waals surface area contributed by atoms with Crippen LogP contribution in [0.2, 0.25) is 0 Å². The van der Waals surface area contributed by atoms with Gasteiger partial charge in [0.1, 0.15) is 5.82 Å². The van der Waals surface area contributed by atoms with Crippen molar-refractivity contribution in [3.8, 4) is 0 Å². The summed E-state index contributed by atoms with van der Waals surface area (Å²) in [6.45, 7) is 1.16. The number of hydrogen-bond donors (Lipinski definition) is 1. The SMILES string of the molecule is FC(F)(F)c1ccnc(NCCOCCCl)c1.